The minimum Gasteiger partial charge on any atom is -0.436 e. The van der Waals surface area contributed by atoms with Crippen LogP contribution in [-0.4, -0.2) is 38.5 Å². The van der Waals surface area contributed by atoms with Crippen LogP contribution in [0.1, 0.15) is 32.8 Å². The van der Waals surface area contributed by atoms with Gasteiger partial charge in [0.15, 0.2) is 11.6 Å². The number of hydrogen-bond acceptors (Lipinski definition) is 4. The highest BCUT2D eigenvalue weighted by Crippen LogP contribution is 2.35. The van der Waals surface area contributed by atoms with Crippen LogP contribution in [0.15, 0.2) is 54.6 Å². The Morgan fingerprint density at radius 3 is 2.40 bits per heavy atom. The van der Waals surface area contributed by atoms with Gasteiger partial charge >= 0.3 is 0 Å². The maximum atomic E-state index is 14.3. The first-order valence-electron chi connectivity index (χ1n) is 10.4. The molecule has 30 heavy (non-hydrogen) atoms. The van der Waals surface area contributed by atoms with Crippen molar-refractivity contribution in [2.75, 3.05) is 6.54 Å². The molecule has 1 N–H and O–H groups in total. The first-order chi connectivity index (χ1) is 14.4. The Kier molecular flexibility index (Phi) is 7.24. The van der Waals surface area contributed by atoms with Crippen molar-refractivity contribution in [3.8, 4) is 22.9 Å². The van der Waals surface area contributed by atoms with E-state index in [0.717, 1.165) is 16.8 Å². The maximum Gasteiger partial charge on any atom is 0.222 e. The molecule has 2 aromatic carbocycles. The van der Waals surface area contributed by atoms with Gasteiger partial charge in [-0.3, -0.25) is 4.90 Å². The van der Waals surface area contributed by atoms with E-state index in [1.807, 2.05) is 37.3 Å². The van der Waals surface area contributed by atoms with Crippen LogP contribution in [0, 0.1) is 5.82 Å². The third-order valence-electron chi connectivity index (χ3n) is 5.19. The number of para-hydroxylation sites is 1. The Balaban J connectivity index is 2.06. The largest absolute Gasteiger partial charge is 0.436 e. The molecular weight excluding hydrogens is 381 g/mol. The summed E-state index contributed by atoms with van der Waals surface area (Å²) in [5.41, 5.74) is 2.62. The van der Waals surface area contributed by atoms with E-state index in [4.69, 9.17) is 9.84 Å². The van der Waals surface area contributed by atoms with Gasteiger partial charge in [-0.2, -0.15) is 5.10 Å². The molecule has 0 amide bonds. The Morgan fingerprint density at radius 2 is 1.77 bits per heavy atom. The molecule has 6 heteroatoms. The number of aliphatic hydroxyl groups is 1. The van der Waals surface area contributed by atoms with Crippen LogP contribution < -0.4 is 4.74 Å². The predicted molar refractivity (Wildman–Crippen MR) is 117 cm³/mol. The second-order valence-corrected chi connectivity index (χ2v) is 7.74. The summed E-state index contributed by atoms with van der Waals surface area (Å²) in [4.78, 5) is 2.19. The molecule has 5 nitrogen and oxygen atoms in total. The molecule has 0 spiro atoms. The van der Waals surface area contributed by atoms with Crippen LogP contribution in [-0.2, 0) is 13.6 Å². The van der Waals surface area contributed by atoms with Crippen molar-refractivity contribution >= 4 is 0 Å². The van der Waals surface area contributed by atoms with Crippen molar-refractivity contribution in [1.29, 1.82) is 0 Å². The van der Waals surface area contributed by atoms with Crippen molar-refractivity contribution in [2.24, 2.45) is 7.05 Å². The van der Waals surface area contributed by atoms with Gasteiger partial charge in [0.25, 0.3) is 0 Å². The molecule has 0 fully saturated rings. The molecule has 0 aliphatic carbocycles. The summed E-state index contributed by atoms with van der Waals surface area (Å²) in [6.07, 6.45) is 0.264. The van der Waals surface area contributed by atoms with Crippen LogP contribution in [0.25, 0.3) is 11.3 Å². The lowest BCUT2D eigenvalue weighted by molar-refractivity contribution is 0.0877. The minimum absolute atomic E-state index is 0.158. The number of nitrogens with zero attached hydrogens (tertiary/aromatic N) is 3. The molecule has 0 bridgehead atoms. The van der Waals surface area contributed by atoms with Crippen LogP contribution in [0.3, 0.4) is 0 Å². The maximum absolute atomic E-state index is 14.3. The molecule has 3 aromatic rings. The third-order valence-corrected chi connectivity index (χ3v) is 5.19. The summed E-state index contributed by atoms with van der Waals surface area (Å²) in [5, 5.41) is 14.9. The van der Waals surface area contributed by atoms with Crippen molar-refractivity contribution in [3.05, 3.63) is 66.0 Å². The van der Waals surface area contributed by atoms with Crippen molar-refractivity contribution in [2.45, 2.75) is 45.9 Å². The average Bonchev–Trinajstić information content (AvgIpc) is 3.05. The van der Waals surface area contributed by atoms with E-state index in [-0.39, 0.29) is 11.8 Å². The quantitative estimate of drug-likeness (QED) is 0.538. The fourth-order valence-electron chi connectivity index (χ4n) is 3.34. The summed E-state index contributed by atoms with van der Waals surface area (Å²) in [6.45, 7) is 7.22. The predicted octanol–water partition coefficient (Wildman–Crippen LogP) is 5.00. The number of aryl methyl sites for hydroxylation is 1. The highest BCUT2D eigenvalue weighted by atomic mass is 19.1. The lowest BCUT2D eigenvalue weighted by Gasteiger charge is -2.28. The molecule has 160 valence electrons. The minimum atomic E-state index is -0.423. The van der Waals surface area contributed by atoms with Crippen LogP contribution in [0.2, 0.25) is 0 Å². The van der Waals surface area contributed by atoms with E-state index in [9.17, 15) is 9.50 Å². The molecule has 0 saturated carbocycles. The number of rotatable bonds is 9. The standard InChI is InChI=1S/C24H30FN3O2/c1-5-19(29)15-28(17(2)3)16-20-23(18-11-7-6-8-12-18)26-27(4)24(20)30-22-14-10-9-13-21(22)25/h6-14,17,19,29H,5,15-16H2,1-4H3. The van der Waals surface area contributed by atoms with E-state index in [1.165, 1.54) is 6.07 Å². The Labute approximate surface area is 177 Å². The highest BCUT2D eigenvalue weighted by Gasteiger charge is 2.24. The topological polar surface area (TPSA) is 50.5 Å². The summed E-state index contributed by atoms with van der Waals surface area (Å²) in [7, 11) is 1.80. The highest BCUT2D eigenvalue weighted by molar-refractivity contribution is 5.65. The molecule has 1 heterocycles. The number of aromatic nitrogens is 2. The third kappa shape index (κ3) is 5.07. The summed E-state index contributed by atoms with van der Waals surface area (Å²) < 4.78 is 22.0. The van der Waals surface area contributed by atoms with Gasteiger partial charge in [-0.25, -0.2) is 9.07 Å². The molecule has 0 saturated heterocycles. The molecule has 0 aliphatic heterocycles. The fourth-order valence-corrected chi connectivity index (χ4v) is 3.34. The van der Waals surface area contributed by atoms with Gasteiger partial charge < -0.3 is 9.84 Å². The molecule has 1 aromatic heterocycles. The number of aliphatic hydroxyl groups excluding tert-OH is 1. The van der Waals surface area contributed by atoms with Crippen LogP contribution in [0.5, 0.6) is 11.6 Å². The first kappa shape index (κ1) is 22.0. The Morgan fingerprint density at radius 1 is 1.10 bits per heavy atom. The smallest absolute Gasteiger partial charge is 0.222 e. The second kappa shape index (κ2) is 9.87. The Bertz CT molecular complexity index is 956. The Hall–Kier alpha value is -2.70. The van der Waals surface area contributed by atoms with Crippen LogP contribution >= 0.6 is 0 Å². The SMILES string of the molecule is CCC(O)CN(Cc1c(-c2ccccc2)nn(C)c1Oc1ccccc1F)C(C)C. The van der Waals surface area contributed by atoms with Gasteiger partial charge in [0.1, 0.15) is 5.69 Å². The fraction of sp³-hybridized carbons (Fsp3) is 0.375. The molecule has 1 unspecified atom stereocenters. The molecule has 1 atom stereocenters. The lowest BCUT2D eigenvalue weighted by Crippen LogP contribution is -2.37. The molecular formula is C24H30FN3O2. The van der Waals surface area contributed by atoms with E-state index in [2.05, 4.69) is 18.7 Å². The van der Waals surface area contributed by atoms with Gasteiger partial charge in [-0.15, -0.1) is 0 Å². The lowest BCUT2D eigenvalue weighted by atomic mass is 10.1. The number of halogens is 1. The summed E-state index contributed by atoms with van der Waals surface area (Å²) in [5.74, 6) is 0.231. The second-order valence-electron chi connectivity index (χ2n) is 7.74. The van der Waals surface area contributed by atoms with E-state index >= 15 is 0 Å². The molecule has 0 aliphatic rings. The molecule has 3 rings (SSSR count). The number of hydrogen-bond donors (Lipinski definition) is 1. The normalized spacial score (nSPS) is 12.5. The van der Waals surface area contributed by atoms with E-state index in [0.29, 0.717) is 25.4 Å². The van der Waals surface area contributed by atoms with E-state index in [1.54, 1.807) is 29.9 Å². The number of ether oxygens (including phenoxy) is 1. The van der Waals surface area contributed by atoms with Gasteiger partial charge in [0.05, 0.1) is 11.7 Å². The van der Waals surface area contributed by atoms with Gasteiger partial charge in [0.2, 0.25) is 5.88 Å². The summed E-state index contributed by atoms with van der Waals surface area (Å²) >= 11 is 0. The van der Waals surface area contributed by atoms with E-state index < -0.39 is 11.9 Å². The van der Waals surface area contributed by atoms with Gasteiger partial charge in [-0.1, -0.05) is 49.4 Å². The van der Waals surface area contributed by atoms with Crippen molar-refractivity contribution in [1.82, 2.24) is 14.7 Å². The van der Waals surface area contributed by atoms with Gasteiger partial charge in [-0.05, 0) is 32.4 Å². The summed E-state index contributed by atoms with van der Waals surface area (Å²) in [6, 6.07) is 16.4. The zero-order valence-corrected chi connectivity index (χ0v) is 18.0. The monoisotopic (exact) mass is 411 g/mol. The van der Waals surface area contributed by atoms with Gasteiger partial charge in [0, 0.05) is 31.7 Å². The molecule has 0 radical (unpaired) electrons. The van der Waals surface area contributed by atoms with Crippen molar-refractivity contribution in [3.63, 3.8) is 0 Å². The zero-order chi connectivity index (χ0) is 21.7. The average molecular weight is 412 g/mol. The first-order valence-corrected chi connectivity index (χ1v) is 10.4. The zero-order valence-electron chi connectivity index (χ0n) is 18.0. The van der Waals surface area contributed by atoms with Crippen molar-refractivity contribution < 1.29 is 14.2 Å². The number of benzene rings is 2. The van der Waals surface area contributed by atoms with Crippen LogP contribution in [0.4, 0.5) is 4.39 Å².